The van der Waals surface area contributed by atoms with Crippen LogP contribution in [-0.4, -0.2) is 47.4 Å². The normalized spacial score (nSPS) is 18.5. The Labute approximate surface area is 184 Å². The molecule has 2 fully saturated rings. The Morgan fingerprint density at radius 3 is 2.39 bits per heavy atom. The Balaban J connectivity index is 1.48. The molecule has 1 aliphatic carbocycles. The minimum atomic E-state index is -0.0661. The number of amides is 2. The molecule has 0 spiro atoms. The summed E-state index contributed by atoms with van der Waals surface area (Å²) in [5.74, 6) is 1.66. The Morgan fingerprint density at radius 1 is 0.968 bits per heavy atom. The summed E-state index contributed by atoms with van der Waals surface area (Å²) in [7, 11) is 0. The standard InChI is InChI=1S/C25H32N2O4/c1-19-12-13-23(31-19)17-26(15-20-7-3-2-4-8-20)24(28)18-27(16-22-11-6-14-30-22)25(29)21-9-5-10-21/h2-4,7-8,12-13,21-22H,5-6,9-11,14-18H2,1H3. The van der Waals surface area contributed by atoms with Crippen molar-refractivity contribution < 1.29 is 18.7 Å². The van der Waals surface area contributed by atoms with E-state index < -0.39 is 0 Å². The summed E-state index contributed by atoms with van der Waals surface area (Å²) in [6.45, 7) is 4.08. The van der Waals surface area contributed by atoms with Gasteiger partial charge in [0.15, 0.2) is 0 Å². The molecule has 1 unspecified atom stereocenters. The Kier molecular flexibility index (Phi) is 7.07. The summed E-state index contributed by atoms with van der Waals surface area (Å²) in [5.41, 5.74) is 1.05. The van der Waals surface area contributed by atoms with Gasteiger partial charge < -0.3 is 19.0 Å². The number of carbonyl (C=O) groups is 2. The topological polar surface area (TPSA) is 63.0 Å². The maximum absolute atomic E-state index is 13.4. The van der Waals surface area contributed by atoms with Crippen LogP contribution >= 0.6 is 0 Å². The van der Waals surface area contributed by atoms with Crippen molar-refractivity contribution in [2.24, 2.45) is 5.92 Å². The zero-order valence-corrected chi connectivity index (χ0v) is 18.3. The third kappa shape index (κ3) is 5.76. The SMILES string of the molecule is Cc1ccc(CN(Cc2ccccc2)C(=O)CN(CC2CCCO2)C(=O)C2CCC2)o1. The molecule has 1 saturated carbocycles. The van der Waals surface area contributed by atoms with Crippen molar-refractivity contribution in [2.45, 2.75) is 58.2 Å². The van der Waals surface area contributed by atoms with Crippen molar-refractivity contribution in [1.82, 2.24) is 9.80 Å². The zero-order chi connectivity index (χ0) is 21.6. The predicted molar refractivity (Wildman–Crippen MR) is 117 cm³/mol. The molecule has 6 heteroatoms. The molecule has 1 aromatic carbocycles. The molecule has 1 saturated heterocycles. The van der Waals surface area contributed by atoms with Gasteiger partial charge in [-0.1, -0.05) is 36.8 Å². The van der Waals surface area contributed by atoms with E-state index in [1.807, 2.05) is 49.4 Å². The third-order valence-corrected chi connectivity index (χ3v) is 6.25. The van der Waals surface area contributed by atoms with Gasteiger partial charge in [-0.2, -0.15) is 0 Å². The highest BCUT2D eigenvalue weighted by Crippen LogP contribution is 2.29. The van der Waals surface area contributed by atoms with Crippen LogP contribution in [0.2, 0.25) is 0 Å². The van der Waals surface area contributed by atoms with Crippen molar-refractivity contribution in [3.05, 3.63) is 59.5 Å². The van der Waals surface area contributed by atoms with E-state index in [1.165, 1.54) is 0 Å². The first kappa shape index (κ1) is 21.6. The molecular formula is C25H32N2O4. The fraction of sp³-hybridized carbons (Fsp3) is 0.520. The third-order valence-electron chi connectivity index (χ3n) is 6.25. The second-order valence-electron chi connectivity index (χ2n) is 8.73. The number of ether oxygens (including phenoxy) is 1. The lowest BCUT2D eigenvalue weighted by Crippen LogP contribution is -2.48. The molecule has 2 heterocycles. The lowest BCUT2D eigenvalue weighted by molar-refractivity contribution is -0.146. The van der Waals surface area contributed by atoms with Gasteiger partial charge in [0.05, 0.1) is 19.2 Å². The van der Waals surface area contributed by atoms with Gasteiger partial charge in [-0.25, -0.2) is 0 Å². The molecule has 0 radical (unpaired) electrons. The number of benzene rings is 1. The van der Waals surface area contributed by atoms with Gasteiger partial charge in [-0.3, -0.25) is 9.59 Å². The van der Waals surface area contributed by atoms with Crippen molar-refractivity contribution in [3.8, 4) is 0 Å². The van der Waals surface area contributed by atoms with Crippen LogP contribution in [-0.2, 0) is 27.4 Å². The molecule has 0 N–H and O–H groups in total. The van der Waals surface area contributed by atoms with Crippen LogP contribution < -0.4 is 0 Å². The van der Waals surface area contributed by atoms with E-state index >= 15 is 0 Å². The molecule has 6 nitrogen and oxygen atoms in total. The van der Waals surface area contributed by atoms with Crippen LogP contribution in [0, 0.1) is 12.8 Å². The highest BCUT2D eigenvalue weighted by atomic mass is 16.5. The van der Waals surface area contributed by atoms with Crippen LogP contribution in [0.4, 0.5) is 0 Å². The van der Waals surface area contributed by atoms with Crippen LogP contribution in [0.15, 0.2) is 46.9 Å². The van der Waals surface area contributed by atoms with Gasteiger partial charge in [0, 0.05) is 25.6 Å². The van der Waals surface area contributed by atoms with Gasteiger partial charge in [0.25, 0.3) is 0 Å². The van der Waals surface area contributed by atoms with Crippen molar-refractivity contribution in [2.75, 3.05) is 19.7 Å². The van der Waals surface area contributed by atoms with Gasteiger partial charge >= 0.3 is 0 Å². The quantitative estimate of drug-likeness (QED) is 0.612. The van der Waals surface area contributed by atoms with Crippen molar-refractivity contribution >= 4 is 11.8 Å². The number of hydrogen-bond acceptors (Lipinski definition) is 4. The van der Waals surface area contributed by atoms with E-state index in [9.17, 15) is 9.59 Å². The Morgan fingerprint density at radius 2 is 1.77 bits per heavy atom. The fourth-order valence-electron chi connectivity index (χ4n) is 4.24. The lowest BCUT2D eigenvalue weighted by Gasteiger charge is -2.34. The molecular weight excluding hydrogens is 392 g/mol. The van der Waals surface area contributed by atoms with E-state index in [0.717, 1.165) is 55.8 Å². The molecule has 166 valence electrons. The largest absolute Gasteiger partial charge is 0.464 e. The van der Waals surface area contributed by atoms with Gasteiger partial charge in [-0.05, 0) is 50.3 Å². The molecule has 31 heavy (non-hydrogen) atoms. The summed E-state index contributed by atoms with van der Waals surface area (Å²) in [5, 5.41) is 0. The van der Waals surface area contributed by atoms with Gasteiger partial charge in [-0.15, -0.1) is 0 Å². The minimum Gasteiger partial charge on any atom is -0.464 e. The molecule has 2 aromatic rings. The number of rotatable bonds is 9. The minimum absolute atomic E-state index is 0.0344. The van der Waals surface area contributed by atoms with Gasteiger partial charge in [0.2, 0.25) is 11.8 Å². The second-order valence-corrected chi connectivity index (χ2v) is 8.73. The number of aryl methyl sites for hydroxylation is 1. The van der Waals surface area contributed by atoms with Crippen LogP contribution in [0.3, 0.4) is 0 Å². The van der Waals surface area contributed by atoms with Crippen molar-refractivity contribution in [3.63, 3.8) is 0 Å². The number of carbonyl (C=O) groups excluding carboxylic acids is 2. The Hall–Kier alpha value is -2.60. The summed E-state index contributed by atoms with van der Waals surface area (Å²) < 4.78 is 11.5. The van der Waals surface area contributed by atoms with Crippen LogP contribution in [0.25, 0.3) is 0 Å². The summed E-state index contributed by atoms with van der Waals surface area (Å²) in [6.07, 6.45) is 4.94. The van der Waals surface area contributed by atoms with E-state index in [2.05, 4.69) is 0 Å². The van der Waals surface area contributed by atoms with E-state index in [-0.39, 0.29) is 30.4 Å². The molecule has 0 bridgehead atoms. The molecule has 4 rings (SSSR count). The first-order valence-electron chi connectivity index (χ1n) is 11.4. The number of nitrogens with zero attached hydrogens (tertiary/aromatic N) is 2. The lowest BCUT2D eigenvalue weighted by atomic mass is 9.84. The molecule has 1 aromatic heterocycles. The number of hydrogen-bond donors (Lipinski definition) is 0. The Bertz CT molecular complexity index is 869. The maximum atomic E-state index is 13.4. The molecule has 2 aliphatic rings. The van der Waals surface area contributed by atoms with Crippen LogP contribution in [0.5, 0.6) is 0 Å². The predicted octanol–water partition coefficient (Wildman–Crippen LogP) is 3.92. The highest BCUT2D eigenvalue weighted by molar-refractivity contribution is 5.86. The average molecular weight is 425 g/mol. The average Bonchev–Trinajstić information content (AvgIpc) is 3.38. The van der Waals surface area contributed by atoms with Crippen molar-refractivity contribution in [1.29, 1.82) is 0 Å². The van der Waals surface area contributed by atoms with E-state index in [0.29, 0.717) is 19.6 Å². The zero-order valence-electron chi connectivity index (χ0n) is 18.3. The van der Waals surface area contributed by atoms with Crippen LogP contribution in [0.1, 0.15) is 49.2 Å². The second kappa shape index (κ2) is 10.1. The molecule has 1 aliphatic heterocycles. The first-order chi connectivity index (χ1) is 15.1. The smallest absolute Gasteiger partial charge is 0.242 e. The summed E-state index contributed by atoms with van der Waals surface area (Å²) >= 11 is 0. The molecule has 2 amide bonds. The highest BCUT2D eigenvalue weighted by Gasteiger charge is 2.33. The summed E-state index contributed by atoms with van der Waals surface area (Å²) in [6, 6.07) is 13.7. The van der Waals surface area contributed by atoms with E-state index in [1.54, 1.807) is 9.80 Å². The van der Waals surface area contributed by atoms with E-state index in [4.69, 9.17) is 9.15 Å². The fourth-order valence-corrected chi connectivity index (χ4v) is 4.24. The number of furan rings is 1. The monoisotopic (exact) mass is 424 g/mol. The first-order valence-corrected chi connectivity index (χ1v) is 11.4. The maximum Gasteiger partial charge on any atom is 0.242 e. The molecule has 1 atom stereocenters. The summed E-state index contributed by atoms with van der Waals surface area (Å²) in [4.78, 5) is 30.0. The van der Waals surface area contributed by atoms with Gasteiger partial charge in [0.1, 0.15) is 11.5 Å².